The first-order valence-electron chi connectivity index (χ1n) is 9.38. The van der Waals surface area contributed by atoms with Crippen LogP contribution in [0.15, 0.2) is 40.8 Å². The van der Waals surface area contributed by atoms with Gasteiger partial charge in [0.2, 0.25) is 5.91 Å². The van der Waals surface area contributed by atoms with Gasteiger partial charge in [-0.2, -0.15) is 0 Å². The van der Waals surface area contributed by atoms with Gasteiger partial charge in [0.25, 0.3) is 0 Å². The zero-order valence-electron chi connectivity index (χ0n) is 16.2. The van der Waals surface area contributed by atoms with Gasteiger partial charge < -0.3 is 19.5 Å². The van der Waals surface area contributed by atoms with Crippen molar-refractivity contribution in [3.63, 3.8) is 0 Å². The van der Waals surface area contributed by atoms with Crippen molar-refractivity contribution in [2.45, 2.75) is 46.2 Å². The number of carbonyl (C=O) groups excluding carboxylic acids is 2. The number of furan rings is 1. The molecule has 1 saturated heterocycles. The first kappa shape index (κ1) is 19.0. The highest BCUT2D eigenvalue weighted by Gasteiger charge is 2.29. The van der Waals surface area contributed by atoms with Gasteiger partial charge in [0.1, 0.15) is 11.5 Å². The maximum Gasteiger partial charge on any atom is 0.322 e. The van der Waals surface area contributed by atoms with Gasteiger partial charge >= 0.3 is 6.03 Å². The molecule has 0 aliphatic carbocycles. The van der Waals surface area contributed by atoms with Crippen molar-refractivity contribution < 1.29 is 14.0 Å². The van der Waals surface area contributed by atoms with E-state index < -0.39 is 0 Å². The number of likely N-dealkylation sites (tertiary alicyclic amines) is 1. The predicted molar refractivity (Wildman–Crippen MR) is 104 cm³/mol. The second-order valence-corrected chi connectivity index (χ2v) is 7.12. The zero-order valence-corrected chi connectivity index (χ0v) is 16.2. The summed E-state index contributed by atoms with van der Waals surface area (Å²) >= 11 is 0. The van der Waals surface area contributed by atoms with Crippen LogP contribution in [-0.2, 0) is 11.3 Å². The average Bonchev–Trinajstić information content (AvgIpc) is 3.06. The first-order valence-corrected chi connectivity index (χ1v) is 9.38. The third-order valence-electron chi connectivity index (χ3n) is 5.12. The summed E-state index contributed by atoms with van der Waals surface area (Å²) < 4.78 is 5.70. The number of benzene rings is 1. The van der Waals surface area contributed by atoms with Crippen molar-refractivity contribution in [2.24, 2.45) is 0 Å². The molecule has 3 rings (SSSR count). The number of anilines is 1. The molecule has 0 atom stereocenters. The standard InChI is InChI=1S/C21H27N3O3/c1-15-6-4-5-7-20(15)22-21(26)24(14-19-9-8-16(2)27-19)18-10-12-23(13-11-18)17(3)25/h4-9,18H,10-14H2,1-3H3,(H,22,26). The molecule has 144 valence electrons. The summed E-state index contributed by atoms with van der Waals surface area (Å²) in [5.41, 5.74) is 1.83. The van der Waals surface area contributed by atoms with Gasteiger partial charge in [-0.15, -0.1) is 0 Å². The average molecular weight is 369 g/mol. The molecule has 1 aromatic carbocycles. The van der Waals surface area contributed by atoms with E-state index >= 15 is 0 Å². The van der Waals surface area contributed by atoms with Crippen LogP contribution in [0.3, 0.4) is 0 Å². The largest absolute Gasteiger partial charge is 0.464 e. The molecule has 0 unspecified atom stereocenters. The van der Waals surface area contributed by atoms with Crippen molar-refractivity contribution in [3.05, 3.63) is 53.5 Å². The molecule has 3 amide bonds. The number of para-hydroxylation sites is 1. The highest BCUT2D eigenvalue weighted by atomic mass is 16.3. The van der Waals surface area contributed by atoms with E-state index in [2.05, 4.69) is 5.32 Å². The molecular formula is C21H27N3O3. The fraction of sp³-hybridized carbons (Fsp3) is 0.429. The molecule has 1 aliphatic heterocycles. The molecule has 6 heteroatoms. The van der Waals surface area contributed by atoms with Crippen molar-refractivity contribution in [1.82, 2.24) is 9.80 Å². The van der Waals surface area contributed by atoms with E-state index in [0.717, 1.165) is 35.6 Å². The van der Waals surface area contributed by atoms with Crippen LogP contribution in [0.1, 0.15) is 36.8 Å². The second-order valence-electron chi connectivity index (χ2n) is 7.12. The van der Waals surface area contributed by atoms with Crippen molar-refractivity contribution >= 4 is 17.6 Å². The molecule has 0 saturated carbocycles. The Bertz CT molecular complexity index is 807. The molecule has 2 heterocycles. The van der Waals surface area contributed by atoms with Crippen LogP contribution in [0.5, 0.6) is 0 Å². The molecule has 0 radical (unpaired) electrons. The van der Waals surface area contributed by atoms with Crippen LogP contribution in [0, 0.1) is 13.8 Å². The maximum atomic E-state index is 13.1. The van der Waals surface area contributed by atoms with Gasteiger partial charge in [-0.25, -0.2) is 4.79 Å². The maximum absolute atomic E-state index is 13.1. The van der Waals surface area contributed by atoms with Gasteiger partial charge in [-0.1, -0.05) is 18.2 Å². The van der Waals surface area contributed by atoms with Gasteiger partial charge in [0, 0.05) is 31.7 Å². The zero-order chi connectivity index (χ0) is 19.4. The minimum Gasteiger partial charge on any atom is -0.464 e. The third-order valence-corrected chi connectivity index (χ3v) is 5.12. The number of carbonyl (C=O) groups is 2. The topological polar surface area (TPSA) is 65.8 Å². The van der Waals surface area contributed by atoms with Crippen LogP contribution in [-0.4, -0.2) is 40.9 Å². The van der Waals surface area contributed by atoms with E-state index in [9.17, 15) is 9.59 Å². The number of hydrogen-bond acceptors (Lipinski definition) is 3. The molecule has 6 nitrogen and oxygen atoms in total. The number of hydrogen-bond donors (Lipinski definition) is 1. The Morgan fingerprint density at radius 3 is 2.44 bits per heavy atom. The normalized spacial score (nSPS) is 14.9. The summed E-state index contributed by atoms with van der Waals surface area (Å²) in [7, 11) is 0. The summed E-state index contributed by atoms with van der Waals surface area (Å²) in [5.74, 6) is 1.68. The van der Waals surface area contributed by atoms with E-state index in [1.165, 1.54) is 0 Å². The molecule has 0 bridgehead atoms. The lowest BCUT2D eigenvalue weighted by Crippen LogP contribution is -2.49. The highest BCUT2D eigenvalue weighted by Crippen LogP contribution is 2.22. The number of urea groups is 1. The quantitative estimate of drug-likeness (QED) is 0.888. The number of rotatable bonds is 4. The summed E-state index contributed by atoms with van der Waals surface area (Å²) in [6.45, 7) is 7.22. The van der Waals surface area contributed by atoms with E-state index in [1.807, 2.05) is 60.0 Å². The lowest BCUT2D eigenvalue weighted by atomic mass is 10.0. The van der Waals surface area contributed by atoms with E-state index in [1.54, 1.807) is 6.92 Å². The van der Waals surface area contributed by atoms with Crippen molar-refractivity contribution in [2.75, 3.05) is 18.4 Å². The van der Waals surface area contributed by atoms with E-state index in [-0.39, 0.29) is 18.0 Å². The van der Waals surface area contributed by atoms with Gasteiger partial charge in [0.05, 0.1) is 6.54 Å². The Hall–Kier alpha value is -2.76. The van der Waals surface area contributed by atoms with Crippen LogP contribution in [0.4, 0.5) is 10.5 Å². The van der Waals surface area contributed by atoms with Gasteiger partial charge in [0.15, 0.2) is 0 Å². The monoisotopic (exact) mass is 369 g/mol. The fourth-order valence-corrected chi connectivity index (χ4v) is 3.50. The van der Waals surface area contributed by atoms with Crippen LogP contribution < -0.4 is 5.32 Å². The predicted octanol–water partition coefficient (Wildman–Crippen LogP) is 3.94. The lowest BCUT2D eigenvalue weighted by Gasteiger charge is -2.38. The summed E-state index contributed by atoms with van der Waals surface area (Å²) in [4.78, 5) is 28.4. The summed E-state index contributed by atoms with van der Waals surface area (Å²) in [6.07, 6.45) is 1.53. The number of nitrogens with zero attached hydrogens (tertiary/aromatic N) is 2. The molecule has 1 aliphatic rings. The third kappa shape index (κ3) is 4.70. The molecule has 2 aromatic rings. The van der Waals surface area contributed by atoms with E-state index in [0.29, 0.717) is 19.6 Å². The number of amides is 3. The Morgan fingerprint density at radius 2 is 1.85 bits per heavy atom. The van der Waals surface area contributed by atoms with Crippen molar-refractivity contribution in [1.29, 1.82) is 0 Å². The summed E-state index contributed by atoms with van der Waals surface area (Å²) in [5, 5.41) is 3.03. The Morgan fingerprint density at radius 1 is 1.15 bits per heavy atom. The van der Waals surface area contributed by atoms with Crippen LogP contribution >= 0.6 is 0 Å². The van der Waals surface area contributed by atoms with Crippen molar-refractivity contribution in [3.8, 4) is 0 Å². The lowest BCUT2D eigenvalue weighted by molar-refractivity contribution is -0.130. The Labute approximate surface area is 160 Å². The van der Waals surface area contributed by atoms with Gasteiger partial charge in [-0.05, 0) is 50.5 Å². The number of aryl methyl sites for hydroxylation is 2. The first-order chi connectivity index (χ1) is 12.9. The Balaban J connectivity index is 1.76. The number of piperidine rings is 1. The molecule has 0 spiro atoms. The minimum absolute atomic E-state index is 0.0648. The molecular weight excluding hydrogens is 342 g/mol. The fourth-order valence-electron chi connectivity index (χ4n) is 3.50. The summed E-state index contributed by atoms with van der Waals surface area (Å²) in [6, 6.07) is 11.5. The second kappa shape index (κ2) is 8.29. The Kier molecular flexibility index (Phi) is 5.84. The van der Waals surface area contributed by atoms with Crippen LogP contribution in [0.25, 0.3) is 0 Å². The van der Waals surface area contributed by atoms with Crippen LogP contribution in [0.2, 0.25) is 0 Å². The van der Waals surface area contributed by atoms with Gasteiger partial charge in [-0.3, -0.25) is 4.79 Å². The molecule has 1 aromatic heterocycles. The molecule has 1 N–H and O–H groups in total. The number of nitrogens with one attached hydrogen (secondary N) is 1. The smallest absolute Gasteiger partial charge is 0.322 e. The molecule has 1 fully saturated rings. The minimum atomic E-state index is -0.139. The molecule has 27 heavy (non-hydrogen) atoms. The highest BCUT2D eigenvalue weighted by molar-refractivity contribution is 5.90. The SMILES string of the molecule is CC(=O)N1CCC(N(Cc2ccc(C)o2)C(=O)Nc2ccccc2C)CC1. The van der Waals surface area contributed by atoms with E-state index in [4.69, 9.17) is 4.42 Å².